The van der Waals surface area contributed by atoms with Gasteiger partial charge in [-0.3, -0.25) is 0 Å². The first kappa shape index (κ1) is 14.0. The number of rotatable bonds is 3. The fraction of sp³-hybridized carbons (Fsp3) is 0.462. The van der Waals surface area contributed by atoms with Crippen LogP contribution in [0.25, 0.3) is 0 Å². The van der Waals surface area contributed by atoms with E-state index in [1.807, 2.05) is 0 Å². The molecule has 0 bridgehead atoms. The molecule has 104 valence electrons. The zero-order chi connectivity index (χ0) is 13.8. The summed E-state index contributed by atoms with van der Waals surface area (Å²) in [4.78, 5) is 11.8. The van der Waals surface area contributed by atoms with E-state index in [2.05, 4.69) is 0 Å². The Morgan fingerprint density at radius 3 is 2.63 bits per heavy atom. The van der Waals surface area contributed by atoms with Gasteiger partial charge in [-0.25, -0.2) is 4.79 Å². The second-order valence-electron chi connectivity index (χ2n) is 4.35. The lowest BCUT2D eigenvalue weighted by Crippen LogP contribution is -2.51. The summed E-state index contributed by atoms with van der Waals surface area (Å²) in [7, 11) is 0. The highest BCUT2D eigenvalue weighted by molar-refractivity contribution is 5.89. The summed E-state index contributed by atoms with van der Waals surface area (Å²) in [5.41, 5.74) is 0.358. The first-order chi connectivity index (χ1) is 9.11. The van der Waals surface area contributed by atoms with Crippen molar-refractivity contribution in [3.8, 4) is 0 Å². The number of hydrogen-bond acceptors (Lipinski definition) is 6. The maximum atomic E-state index is 11.8. The van der Waals surface area contributed by atoms with E-state index in [0.717, 1.165) is 0 Å². The monoisotopic (exact) mass is 268 g/mol. The number of benzene rings is 1. The Morgan fingerprint density at radius 1 is 1.32 bits per heavy atom. The Balaban J connectivity index is 2.03. The van der Waals surface area contributed by atoms with Gasteiger partial charge in [0.25, 0.3) is 0 Å². The Morgan fingerprint density at radius 2 is 2.00 bits per heavy atom. The van der Waals surface area contributed by atoms with Crippen molar-refractivity contribution in [1.82, 2.24) is 0 Å². The third-order valence-electron chi connectivity index (χ3n) is 2.98. The maximum Gasteiger partial charge on any atom is 0.338 e. The van der Waals surface area contributed by atoms with Gasteiger partial charge < -0.3 is 24.8 Å². The van der Waals surface area contributed by atoms with E-state index in [9.17, 15) is 15.0 Å². The maximum absolute atomic E-state index is 11.8. The van der Waals surface area contributed by atoms with Gasteiger partial charge in [-0.2, -0.15) is 0 Å². The van der Waals surface area contributed by atoms with E-state index in [4.69, 9.17) is 14.6 Å². The van der Waals surface area contributed by atoms with Crippen LogP contribution in [0.2, 0.25) is 0 Å². The van der Waals surface area contributed by atoms with Crippen molar-refractivity contribution in [1.29, 1.82) is 0 Å². The lowest BCUT2D eigenvalue weighted by atomic mass is 10.0. The summed E-state index contributed by atoms with van der Waals surface area (Å²) in [5.74, 6) is -0.588. The highest BCUT2D eigenvalue weighted by atomic mass is 16.6. The van der Waals surface area contributed by atoms with Crippen LogP contribution < -0.4 is 0 Å². The topological polar surface area (TPSA) is 96.2 Å². The van der Waals surface area contributed by atoms with E-state index in [0.29, 0.717) is 5.56 Å². The Kier molecular flexibility index (Phi) is 4.49. The molecule has 1 aromatic carbocycles. The second-order valence-corrected chi connectivity index (χ2v) is 4.35. The molecule has 6 nitrogen and oxygen atoms in total. The molecule has 1 aliphatic rings. The lowest BCUT2D eigenvalue weighted by Gasteiger charge is -2.36. The molecule has 19 heavy (non-hydrogen) atoms. The quantitative estimate of drug-likeness (QED) is 0.650. The van der Waals surface area contributed by atoms with Crippen molar-refractivity contribution in [2.75, 3.05) is 6.61 Å². The fourth-order valence-electron chi connectivity index (χ4n) is 1.96. The Hall–Kier alpha value is -1.47. The molecule has 2 rings (SSSR count). The van der Waals surface area contributed by atoms with Crippen LogP contribution in [-0.2, 0) is 9.47 Å². The number of carbonyl (C=O) groups excluding carboxylic acids is 1. The van der Waals surface area contributed by atoms with Gasteiger partial charge in [-0.15, -0.1) is 0 Å². The standard InChI is InChI=1S/C13H16O6/c14-7-10-12(16)9(6-11(15)18-10)19-13(17)8-4-2-1-3-5-8/h1-5,9-12,14-16H,6-7H2/t9-,10-,11-,12+/m1/s1. The summed E-state index contributed by atoms with van der Waals surface area (Å²) < 4.78 is 10.1. The summed E-state index contributed by atoms with van der Waals surface area (Å²) in [5, 5.41) is 28.3. The van der Waals surface area contributed by atoms with Crippen LogP contribution in [-0.4, -0.2) is 52.5 Å². The highest BCUT2D eigenvalue weighted by Crippen LogP contribution is 2.22. The van der Waals surface area contributed by atoms with Gasteiger partial charge in [0, 0.05) is 6.42 Å². The SMILES string of the molecule is O=C(O[C@@H]1C[C@H](O)O[C@H](CO)[C@H]1O)c1ccccc1. The van der Waals surface area contributed by atoms with Gasteiger partial charge in [-0.1, -0.05) is 18.2 Å². The Labute approximate surface area is 110 Å². The molecule has 0 amide bonds. The molecule has 1 aliphatic heterocycles. The molecule has 0 radical (unpaired) electrons. The first-order valence-corrected chi connectivity index (χ1v) is 6.00. The van der Waals surface area contributed by atoms with E-state index < -0.39 is 37.2 Å². The number of esters is 1. The van der Waals surface area contributed by atoms with Gasteiger partial charge in [0.05, 0.1) is 12.2 Å². The number of aliphatic hydroxyl groups is 3. The van der Waals surface area contributed by atoms with E-state index in [-0.39, 0.29) is 6.42 Å². The van der Waals surface area contributed by atoms with E-state index >= 15 is 0 Å². The van der Waals surface area contributed by atoms with Gasteiger partial charge in [0.1, 0.15) is 18.3 Å². The van der Waals surface area contributed by atoms with Crippen molar-refractivity contribution in [3.05, 3.63) is 35.9 Å². The van der Waals surface area contributed by atoms with Crippen molar-refractivity contribution in [3.63, 3.8) is 0 Å². The summed E-state index contributed by atoms with van der Waals surface area (Å²) >= 11 is 0. The normalized spacial score (nSPS) is 30.9. The molecule has 1 saturated heterocycles. The van der Waals surface area contributed by atoms with Gasteiger partial charge in [-0.05, 0) is 12.1 Å². The first-order valence-electron chi connectivity index (χ1n) is 6.00. The summed E-state index contributed by atoms with van der Waals surface area (Å²) in [6.45, 7) is -0.461. The van der Waals surface area contributed by atoms with Crippen LogP contribution >= 0.6 is 0 Å². The fourth-order valence-corrected chi connectivity index (χ4v) is 1.96. The highest BCUT2D eigenvalue weighted by Gasteiger charge is 2.39. The molecular weight excluding hydrogens is 252 g/mol. The molecule has 4 atom stereocenters. The smallest absolute Gasteiger partial charge is 0.338 e. The number of hydrogen-bond donors (Lipinski definition) is 3. The van der Waals surface area contributed by atoms with Crippen LogP contribution in [0, 0.1) is 0 Å². The molecule has 1 aromatic rings. The van der Waals surface area contributed by atoms with Crippen LogP contribution in [0.3, 0.4) is 0 Å². The van der Waals surface area contributed by atoms with Gasteiger partial charge in [0.2, 0.25) is 0 Å². The molecule has 3 N–H and O–H groups in total. The molecule has 0 aliphatic carbocycles. The zero-order valence-corrected chi connectivity index (χ0v) is 10.2. The summed E-state index contributed by atoms with van der Waals surface area (Å²) in [6, 6.07) is 8.35. The third-order valence-corrected chi connectivity index (χ3v) is 2.98. The van der Waals surface area contributed by atoms with E-state index in [1.165, 1.54) is 0 Å². The molecule has 0 unspecified atom stereocenters. The average molecular weight is 268 g/mol. The molecule has 1 heterocycles. The van der Waals surface area contributed by atoms with Gasteiger partial charge >= 0.3 is 5.97 Å². The Bertz CT molecular complexity index is 420. The van der Waals surface area contributed by atoms with E-state index in [1.54, 1.807) is 30.3 Å². The van der Waals surface area contributed by atoms with Crippen LogP contribution in [0.15, 0.2) is 30.3 Å². The van der Waals surface area contributed by atoms with Crippen LogP contribution in [0.4, 0.5) is 0 Å². The molecule has 1 fully saturated rings. The molecule has 0 saturated carbocycles. The van der Waals surface area contributed by atoms with Crippen molar-refractivity contribution < 1.29 is 29.6 Å². The van der Waals surface area contributed by atoms with Crippen molar-refractivity contribution in [2.24, 2.45) is 0 Å². The number of carbonyl (C=O) groups is 1. The average Bonchev–Trinajstić information content (AvgIpc) is 2.43. The summed E-state index contributed by atoms with van der Waals surface area (Å²) in [6.07, 6.45) is -4.24. The predicted octanol–water partition coefficient (Wildman–Crippen LogP) is -0.328. The minimum Gasteiger partial charge on any atom is -0.456 e. The lowest BCUT2D eigenvalue weighted by molar-refractivity contribution is -0.239. The largest absolute Gasteiger partial charge is 0.456 e. The van der Waals surface area contributed by atoms with Gasteiger partial charge in [0.15, 0.2) is 6.29 Å². The van der Waals surface area contributed by atoms with Crippen LogP contribution in [0.1, 0.15) is 16.8 Å². The van der Waals surface area contributed by atoms with Crippen LogP contribution in [0.5, 0.6) is 0 Å². The minimum atomic E-state index is -1.17. The third kappa shape index (κ3) is 3.30. The number of ether oxygens (including phenoxy) is 2. The van der Waals surface area contributed by atoms with Crippen molar-refractivity contribution >= 4 is 5.97 Å². The molecule has 0 spiro atoms. The number of aliphatic hydroxyl groups excluding tert-OH is 3. The molecule has 0 aromatic heterocycles. The minimum absolute atomic E-state index is 0.0315. The molecule has 6 heteroatoms. The predicted molar refractivity (Wildman–Crippen MR) is 64.2 cm³/mol. The zero-order valence-electron chi connectivity index (χ0n) is 10.2. The molecular formula is C13H16O6. The second kappa shape index (κ2) is 6.12. The van der Waals surface area contributed by atoms with Crippen molar-refractivity contribution in [2.45, 2.75) is 31.0 Å².